The third-order valence-corrected chi connectivity index (χ3v) is 9.35. The van der Waals surface area contributed by atoms with Gasteiger partial charge in [0.05, 0.1) is 5.39 Å². The molecule has 2 aromatic heterocycles. The molecule has 0 saturated carbocycles. The van der Waals surface area contributed by atoms with Crippen LogP contribution < -0.4 is 5.32 Å². The molecule has 0 radical (unpaired) electrons. The molecule has 8 aromatic rings. The number of pyridine rings is 1. The molecule has 47 heavy (non-hydrogen) atoms. The first kappa shape index (κ1) is 25.9. The van der Waals surface area contributed by atoms with Crippen molar-refractivity contribution < 1.29 is 4.42 Å². The lowest BCUT2D eigenvalue weighted by Gasteiger charge is -2.23. The maximum Gasteiger partial charge on any atom is 0.178 e. The smallest absolute Gasteiger partial charge is 0.178 e. The second kappa shape index (κ2) is 10.1. The molecular weight excluding hydrogens is 576 g/mol. The van der Waals surface area contributed by atoms with Crippen molar-refractivity contribution in [1.82, 2.24) is 10.3 Å². The van der Waals surface area contributed by atoms with E-state index in [-0.39, 0.29) is 6.17 Å². The monoisotopic (exact) mass is 602 g/mol. The summed E-state index contributed by atoms with van der Waals surface area (Å²) in [5, 5.41) is 7.90. The Labute approximate surface area is 270 Å². The van der Waals surface area contributed by atoms with Crippen LogP contribution in [-0.4, -0.2) is 16.7 Å². The van der Waals surface area contributed by atoms with Gasteiger partial charge in [-0.05, 0) is 50.2 Å². The summed E-state index contributed by atoms with van der Waals surface area (Å²) >= 11 is 0. The molecule has 1 aliphatic carbocycles. The molecule has 5 nitrogen and oxygen atoms in total. The van der Waals surface area contributed by atoms with Crippen LogP contribution in [0.5, 0.6) is 0 Å². The summed E-state index contributed by atoms with van der Waals surface area (Å²) < 4.78 is 6.72. The minimum Gasteiger partial charge on any atom is -0.455 e. The predicted molar refractivity (Wildman–Crippen MR) is 191 cm³/mol. The largest absolute Gasteiger partial charge is 0.455 e. The molecule has 1 aliphatic heterocycles. The van der Waals surface area contributed by atoms with Crippen LogP contribution in [-0.2, 0) is 0 Å². The van der Waals surface area contributed by atoms with Gasteiger partial charge in [-0.15, -0.1) is 0 Å². The summed E-state index contributed by atoms with van der Waals surface area (Å²) in [4.78, 5) is 15.4. The molecule has 1 atom stereocenters. The van der Waals surface area contributed by atoms with E-state index in [0.29, 0.717) is 11.5 Å². The first-order chi connectivity index (χ1) is 23.3. The van der Waals surface area contributed by atoms with Gasteiger partial charge < -0.3 is 9.73 Å². The average molecular weight is 603 g/mol. The van der Waals surface area contributed by atoms with Crippen molar-refractivity contribution >= 4 is 44.4 Å². The number of aliphatic imine (C=N–C) groups is 2. The van der Waals surface area contributed by atoms with E-state index in [0.717, 1.165) is 50.0 Å². The van der Waals surface area contributed by atoms with Gasteiger partial charge in [-0.25, -0.2) is 9.98 Å². The van der Waals surface area contributed by atoms with Crippen molar-refractivity contribution in [3.8, 4) is 33.4 Å². The molecule has 0 fully saturated rings. The average Bonchev–Trinajstić information content (AvgIpc) is 3.70. The number of aromatic nitrogens is 1. The van der Waals surface area contributed by atoms with Gasteiger partial charge in [-0.2, -0.15) is 0 Å². The molecule has 1 unspecified atom stereocenters. The van der Waals surface area contributed by atoms with E-state index in [1.807, 2.05) is 60.8 Å². The molecule has 0 amide bonds. The lowest BCUT2D eigenvalue weighted by Crippen LogP contribution is -2.33. The van der Waals surface area contributed by atoms with Gasteiger partial charge in [0.25, 0.3) is 0 Å². The van der Waals surface area contributed by atoms with Crippen LogP contribution in [0.25, 0.3) is 66.1 Å². The van der Waals surface area contributed by atoms with Crippen LogP contribution in [0.4, 0.5) is 0 Å². The highest BCUT2D eigenvalue weighted by molar-refractivity contribution is 6.24. The summed E-state index contributed by atoms with van der Waals surface area (Å²) in [5.41, 5.74) is 11.4. The van der Waals surface area contributed by atoms with Crippen LogP contribution in [0.3, 0.4) is 0 Å². The third-order valence-electron chi connectivity index (χ3n) is 9.35. The fourth-order valence-electron chi connectivity index (χ4n) is 7.23. The number of amidine groups is 2. The van der Waals surface area contributed by atoms with Crippen LogP contribution in [0.2, 0.25) is 0 Å². The van der Waals surface area contributed by atoms with Crippen molar-refractivity contribution in [2.45, 2.75) is 6.17 Å². The van der Waals surface area contributed by atoms with Gasteiger partial charge in [0, 0.05) is 22.7 Å². The number of nitrogens with zero attached hydrogens (tertiary/aromatic N) is 3. The van der Waals surface area contributed by atoms with Gasteiger partial charge in [0.2, 0.25) is 0 Å². The number of fused-ring (bicyclic) bond motifs is 6. The molecule has 0 saturated heterocycles. The molecule has 10 rings (SSSR count). The Morgan fingerprint density at radius 2 is 1.19 bits per heavy atom. The Kier molecular flexibility index (Phi) is 5.57. The fraction of sp³-hybridized carbons (Fsp3) is 0.0238. The maximum absolute atomic E-state index is 6.72. The lowest BCUT2D eigenvalue weighted by molar-refractivity contribution is 0.668. The second-order valence-corrected chi connectivity index (χ2v) is 12.0. The maximum atomic E-state index is 6.72. The summed E-state index contributed by atoms with van der Waals surface area (Å²) in [6.07, 6.45) is 1.61. The first-order valence-electron chi connectivity index (χ1n) is 15.8. The van der Waals surface area contributed by atoms with E-state index in [1.54, 1.807) is 0 Å². The zero-order valence-electron chi connectivity index (χ0n) is 25.2. The number of hydrogen-bond acceptors (Lipinski definition) is 5. The standard InChI is InChI=1S/C42H26N4O/c1-3-12-25(13-4-1)40-44-41(26-14-5-2-6-15-26)46-42(45-40)38-37-33-18-9-10-21-35(33)47-39(37)34(24-43-38)29-22-23-32-28-17-8-7-16-27(28)30-19-11-20-31(29)36(30)32/h1-24,40H,(H,44,45,46). The van der Waals surface area contributed by atoms with Crippen molar-refractivity contribution in [1.29, 1.82) is 0 Å². The topological polar surface area (TPSA) is 62.8 Å². The molecule has 0 spiro atoms. The van der Waals surface area contributed by atoms with E-state index in [1.165, 1.54) is 33.0 Å². The van der Waals surface area contributed by atoms with Crippen molar-refractivity contribution in [3.05, 3.63) is 163 Å². The Morgan fingerprint density at radius 1 is 0.532 bits per heavy atom. The van der Waals surface area contributed by atoms with Gasteiger partial charge in [0.1, 0.15) is 28.9 Å². The zero-order valence-corrected chi connectivity index (χ0v) is 25.2. The number of hydrogen-bond donors (Lipinski definition) is 1. The van der Waals surface area contributed by atoms with Crippen LogP contribution in [0.15, 0.2) is 160 Å². The Balaban J connectivity index is 1.22. The van der Waals surface area contributed by atoms with Gasteiger partial charge in [-0.1, -0.05) is 133 Å². The minimum absolute atomic E-state index is 0.327. The predicted octanol–water partition coefficient (Wildman–Crippen LogP) is 9.94. The Morgan fingerprint density at radius 3 is 2.02 bits per heavy atom. The summed E-state index contributed by atoms with van der Waals surface area (Å²) in [6.45, 7) is 0. The first-order valence-corrected chi connectivity index (χ1v) is 15.8. The van der Waals surface area contributed by atoms with Crippen molar-refractivity contribution in [2.24, 2.45) is 9.98 Å². The van der Waals surface area contributed by atoms with Crippen LogP contribution >= 0.6 is 0 Å². The van der Waals surface area contributed by atoms with Crippen LogP contribution in [0.1, 0.15) is 23.0 Å². The highest BCUT2D eigenvalue weighted by atomic mass is 16.3. The molecule has 2 aliphatic rings. The van der Waals surface area contributed by atoms with E-state index >= 15 is 0 Å². The van der Waals surface area contributed by atoms with Crippen molar-refractivity contribution in [2.75, 3.05) is 0 Å². The molecule has 0 bridgehead atoms. The third kappa shape index (κ3) is 3.93. The number of nitrogens with one attached hydrogen (secondary N) is 1. The Hall–Kier alpha value is -6.33. The van der Waals surface area contributed by atoms with Gasteiger partial charge in [-0.3, -0.25) is 4.98 Å². The quantitative estimate of drug-likeness (QED) is 0.218. The lowest BCUT2D eigenvalue weighted by atomic mass is 9.94. The summed E-state index contributed by atoms with van der Waals surface area (Å²) in [6, 6.07) is 48.3. The molecule has 5 heteroatoms. The SMILES string of the molecule is c1ccc(C2=NC(c3ncc(-c4ccc5c6c(cccc46)-c4ccccc4-5)c4oc5ccccc5c34)=NC(c3ccccc3)N2)cc1. The van der Waals surface area contributed by atoms with Crippen molar-refractivity contribution in [3.63, 3.8) is 0 Å². The van der Waals surface area contributed by atoms with Gasteiger partial charge in [0.15, 0.2) is 5.84 Å². The summed E-state index contributed by atoms with van der Waals surface area (Å²) in [7, 11) is 0. The highest BCUT2D eigenvalue weighted by Crippen LogP contribution is 2.50. The Bertz CT molecular complexity index is 2570. The molecular formula is C42H26N4O. The van der Waals surface area contributed by atoms with E-state index < -0.39 is 0 Å². The fourth-order valence-corrected chi connectivity index (χ4v) is 7.23. The highest BCUT2D eigenvalue weighted by Gasteiger charge is 2.27. The van der Waals surface area contributed by atoms with Crippen LogP contribution in [0, 0.1) is 0 Å². The van der Waals surface area contributed by atoms with E-state index in [2.05, 4.69) is 90.2 Å². The molecule has 1 N–H and O–H groups in total. The molecule has 220 valence electrons. The number of furan rings is 1. The number of para-hydroxylation sites is 1. The molecule has 3 heterocycles. The minimum atomic E-state index is -0.327. The van der Waals surface area contributed by atoms with E-state index in [4.69, 9.17) is 19.4 Å². The second-order valence-electron chi connectivity index (χ2n) is 12.0. The molecule has 6 aromatic carbocycles. The van der Waals surface area contributed by atoms with E-state index in [9.17, 15) is 0 Å². The number of benzene rings is 6. The normalized spacial score (nSPS) is 15.0. The summed E-state index contributed by atoms with van der Waals surface area (Å²) in [5.74, 6) is 1.32. The number of rotatable bonds is 4. The van der Waals surface area contributed by atoms with Gasteiger partial charge >= 0.3 is 0 Å². The zero-order chi connectivity index (χ0) is 30.9.